The van der Waals surface area contributed by atoms with E-state index in [-0.39, 0.29) is 40.4 Å². The van der Waals surface area contributed by atoms with Crippen LogP contribution in [0.4, 0.5) is 0 Å². The molecule has 0 fully saturated rings. The van der Waals surface area contributed by atoms with E-state index in [4.69, 9.17) is 0 Å². The standard InChI is InChI=1S/C37H34N6O4/c1-21-13-22(2)15-28(14-21)36(46)30-19-42(40-38-30)32-17-23(3)16-29(37(32)47)18-25(5)26-9-11-27(12-10-26)35(45)31-20-43(41-39-31)34-24(4)7-6-8-33(34)44/h6-17,19-20,25,44,47H,18H2,1-5H3. The Kier molecular flexibility index (Phi) is 8.25. The maximum absolute atomic E-state index is 13.2. The number of hydrogen-bond acceptors (Lipinski definition) is 8. The lowest BCUT2D eigenvalue weighted by Gasteiger charge is -2.16. The number of phenolic OH excluding ortho intramolecular Hbond substituents is 2. The number of ketones is 2. The molecule has 10 heteroatoms. The van der Waals surface area contributed by atoms with E-state index in [1.165, 1.54) is 15.6 Å². The molecular formula is C37H34N6O4. The summed E-state index contributed by atoms with van der Waals surface area (Å²) >= 11 is 0. The minimum Gasteiger partial charge on any atom is -0.506 e. The zero-order valence-corrected chi connectivity index (χ0v) is 26.8. The van der Waals surface area contributed by atoms with Crippen molar-refractivity contribution in [3.05, 3.63) is 141 Å². The Bertz CT molecular complexity index is 2100. The van der Waals surface area contributed by atoms with Crippen molar-refractivity contribution in [1.29, 1.82) is 0 Å². The molecule has 0 amide bonds. The fourth-order valence-corrected chi connectivity index (χ4v) is 5.88. The van der Waals surface area contributed by atoms with E-state index in [1.54, 1.807) is 36.5 Å². The number of aromatic hydroxyl groups is 2. The molecule has 10 nitrogen and oxygen atoms in total. The van der Waals surface area contributed by atoms with Crippen LogP contribution in [0.1, 0.15) is 78.3 Å². The van der Waals surface area contributed by atoms with Gasteiger partial charge in [0.05, 0.1) is 12.4 Å². The first kappa shape index (κ1) is 31.1. The molecule has 0 aliphatic heterocycles. The van der Waals surface area contributed by atoms with Crippen LogP contribution in [-0.4, -0.2) is 51.8 Å². The number of nitrogens with zero attached hydrogens (tertiary/aromatic N) is 6. The maximum Gasteiger partial charge on any atom is 0.214 e. The predicted octanol–water partition coefficient (Wildman–Crippen LogP) is 6.30. The molecule has 1 unspecified atom stereocenters. The highest BCUT2D eigenvalue weighted by atomic mass is 16.3. The summed E-state index contributed by atoms with van der Waals surface area (Å²) in [6, 6.07) is 21.8. The van der Waals surface area contributed by atoms with Crippen molar-refractivity contribution in [2.45, 2.75) is 47.0 Å². The van der Waals surface area contributed by atoms with Crippen LogP contribution in [-0.2, 0) is 6.42 Å². The van der Waals surface area contributed by atoms with Crippen LogP contribution in [0.15, 0.2) is 85.2 Å². The number of aryl methyl sites for hydroxylation is 4. The number of para-hydroxylation sites is 1. The van der Waals surface area contributed by atoms with Crippen LogP contribution in [0.3, 0.4) is 0 Å². The van der Waals surface area contributed by atoms with E-state index in [2.05, 4.69) is 27.5 Å². The van der Waals surface area contributed by atoms with E-state index < -0.39 is 0 Å². The summed E-state index contributed by atoms with van der Waals surface area (Å²) < 4.78 is 2.84. The van der Waals surface area contributed by atoms with Gasteiger partial charge in [0.15, 0.2) is 11.4 Å². The maximum atomic E-state index is 13.2. The van der Waals surface area contributed by atoms with E-state index in [9.17, 15) is 19.8 Å². The third-order valence-corrected chi connectivity index (χ3v) is 8.21. The minimum absolute atomic E-state index is 0.00190. The van der Waals surface area contributed by atoms with Crippen LogP contribution in [0.25, 0.3) is 11.4 Å². The van der Waals surface area contributed by atoms with Gasteiger partial charge in [-0.2, -0.15) is 0 Å². The van der Waals surface area contributed by atoms with Crippen molar-refractivity contribution >= 4 is 11.6 Å². The summed E-state index contributed by atoms with van der Waals surface area (Å²) in [5.74, 6) is -0.406. The van der Waals surface area contributed by atoms with E-state index in [0.717, 1.165) is 33.4 Å². The Hall–Kier alpha value is -5.90. The molecule has 236 valence electrons. The molecule has 2 N–H and O–H groups in total. The Morgan fingerprint density at radius 3 is 1.98 bits per heavy atom. The second-order valence-corrected chi connectivity index (χ2v) is 12.1. The molecule has 2 heterocycles. The highest BCUT2D eigenvalue weighted by Crippen LogP contribution is 2.32. The molecule has 0 aliphatic carbocycles. The van der Waals surface area contributed by atoms with Gasteiger partial charge >= 0.3 is 0 Å². The fraction of sp³-hybridized carbons (Fsp3) is 0.189. The quantitative estimate of drug-likeness (QED) is 0.179. The highest BCUT2D eigenvalue weighted by Gasteiger charge is 2.20. The van der Waals surface area contributed by atoms with Crippen LogP contribution < -0.4 is 0 Å². The third-order valence-electron chi connectivity index (χ3n) is 8.21. The van der Waals surface area contributed by atoms with Crippen molar-refractivity contribution in [3.63, 3.8) is 0 Å². The van der Waals surface area contributed by atoms with E-state index >= 15 is 0 Å². The van der Waals surface area contributed by atoms with E-state index in [0.29, 0.717) is 28.9 Å². The second kappa shape index (κ2) is 12.5. The zero-order valence-electron chi connectivity index (χ0n) is 26.8. The number of hydrogen-bond donors (Lipinski definition) is 2. The van der Waals surface area contributed by atoms with Crippen LogP contribution in [0.5, 0.6) is 11.5 Å². The van der Waals surface area contributed by atoms with Crippen molar-refractivity contribution < 1.29 is 19.8 Å². The van der Waals surface area contributed by atoms with Gasteiger partial charge in [0.2, 0.25) is 11.6 Å². The fourth-order valence-electron chi connectivity index (χ4n) is 5.88. The first-order valence-corrected chi connectivity index (χ1v) is 15.2. The normalized spacial score (nSPS) is 11.9. The summed E-state index contributed by atoms with van der Waals surface area (Å²) in [5, 5.41) is 38.0. The van der Waals surface area contributed by atoms with Gasteiger partial charge in [-0.05, 0) is 86.6 Å². The second-order valence-electron chi connectivity index (χ2n) is 12.1. The largest absolute Gasteiger partial charge is 0.506 e. The lowest BCUT2D eigenvalue weighted by molar-refractivity contribution is 0.102. The molecule has 1 atom stereocenters. The van der Waals surface area contributed by atoms with Gasteiger partial charge in [-0.3, -0.25) is 9.59 Å². The molecule has 0 bridgehead atoms. The molecule has 4 aromatic carbocycles. The lowest BCUT2D eigenvalue weighted by atomic mass is 9.91. The molecule has 0 spiro atoms. The average Bonchev–Trinajstić information content (AvgIpc) is 3.72. The van der Waals surface area contributed by atoms with Crippen molar-refractivity contribution in [3.8, 4) is 22.9 Å². The topological polar surface area (TPSA) is 136 Å². The van der Waals surface area contributed by atoms with Gasteiger partial charge in [-0.25, -0.2) is 9.36 Å². The Balaban J connectivity index is 1.18. The monoisotopic (exact) mass is 626 g/mol. The first-order chi connectivity index (χ1) is 22.5. The Labute approximate surface area is 272 Å². The summed E-state index contributed by atoms with van der Waals surface area (Å²) in [7, 11) is 0. The average molecular weight is 627 g/mol. The van der Waals surface area contributed by atoms with Gasteiger partial charge < -0.3 is 10.2 Å². The molecule has 0 aliphatic rings. The van der Waals surface area contributed by atoms with Crippen molar-refractivity contribution in [1.82, 2.24) is 30.0 Å². The summed E-state index contributed by atoms with van der Waals surface area (Å²) in [5.41, 5.74) is 7.67. The number of aromatic nitrogens is 6. The van der Waals surface area contributed by atoms with Crippen LogP contribution in [0, 0.1) is 27.7 Å². The van der Waals surface area contributed by atoms with Crippen LogP contribution >= 0.6 is 0 Å². The molecule has 2 aromatic heterocycles. The highest BCUT2D eigenvalue weighted by molar-refractivity contribution is 6.08. The number of phenols is 2. The molecule has 0 saturated heterocycles. The molecule has 6 rings (SSSR count). The van der Waals surface area contributed by atoms with Crippen molar-refractivity contribution in [2.24, 2.45) is 0 Å². The molecule has 0 radical (unpaired) electrons. The first-order valence-electron chi connectivity index (χ1n) is 15.2. The van der Waals surface area contributed by atoms with Gasteiger partial charge in [-0.15, -0.1) is 10.2 Å². The molecule has 6 aromatic rings. The number of benzene rings is 4. The van der Waals surface area contributed by atoms with Gasteiger partial charge in [0.1, 0.15) is 22.9 Å². The van der Waals surface area contributed by atoms with Gasteiger partial charge in [0, 0.05) is 11.1 Å². The molecular weight excluding hydrogens is 592 g/mol. The smallest absolute Gasteiger partial charge is 0.214 e. The summed E-state index contributed by atoms with van der Waals surface area (Å²) in [4.78, 5) is 26.3. The predicted molar refractivity (Wildman–Crippen MR) is 177 cm³/mol. The van der Waals surface area contributed by atoms with Gasteiger partial charge in [0.25, 0.3) is 0 Å². The summed E-state index contributed by atoms with van der Waals surface area (Å²) in [6.45, 7) is 9.71. The molecule has 47 heavy (non-hydrogen) atoms. The number of carbonyl (C=O) groups excluding carboxylic acids is 2. The zero-order chi connectivity index (χ0) is 33.4. The van der Waals surface area contributed by atoms with E-state index in [1.807, 2.05) is 70.2 Å². The van der Waals surface area contributed by atoms with Crippen molar-refractivity contribution in [2.75, 3.05) is 0 Å². The summed E-state index contributed by atoms with van der Waals surface area (Å²) in [6.07, 6.45) is 3.57. The minimum atomic E-state index is -0.285. The SMILES string of the molecule is Cc1cc(C)cc(C(=O)c2cn(-c3cc(C)cc(CC(C)c4ccc(C(=O)c5cn(-c6c(C)cccc6O)nn5)cc4)c3O)nn2)c1. The van der Waals surface area contributed by atoms with Crippen LogP contribution in [0.2, 0.25) is 0 Å². The third kappa shape index (κ3) is 6.30. The number of carbonyl (C=O) groups is 2. The molecule has 0 saturated carbocycles. The van der Waals surface area contributed by atoms with Gasteiger partial charge in [-0.1, -0.05) is 77.0 Å². The number of rotatable bonds is 9. The Morgan fingerprint density at radius 2 is 1.32 bits per heavy atom. The Morgan fingerprint density at radius 1 is 0.723 bits per heavy atom. The lowest BCUT2D eigenvalue weighted by Crippen LogP contribution is -2.05.